The SMILES string of the molecule is COC(=O)c1cc2c(cc1C)OC(C)(C)C(=O)C2.Cc1ccc2c(c1)OC(C)(C)C(=O)C2. The lowest BCUT2D eigenvalue weighted by atomic mass is 9.91. The van der Waals surface area contributed by atoms with Gasteiger partial charge in [0.2, 0.25) is 0 Å². The minimum atomic E-state index is -0.799. The molecule has 0 N–H and O–H groups in total. The second-order valence-electron chi connectivity index (χ2n) is 9.30. The number of carbonyl (C=O) groups is 3. The van der Waals surface area contributed by atoms with Crippen molar-refractivity contribution >= 4 is 17.5 Å². The molecule has 0 bridgehead atoms. The molecule has 0 aromatic heterocycles. The van der Waals surface area contributed by atoms with Gasteiger partial charge in [0.05, 0.1) is 12.7 Å². The zero-order valence-corrected chi connectivity index (χ0v) is 19.8. The smallest absolute Gasteiger partial charge is 0.338 e. The summed E-state index contributed by atoms with van der Waals surface area (Å²) in [7, 11) is 1.34. The zero-order valence-electron chi connectivity index (χ0n) is 19.8. The van der Waals surface area contributed by atoms with Gasteiger partial charge in [0, 0.05) is 24.0 Å². The van der Waals surface area contributed by atoms with E-state index in [9.17, 15) is 14.4 Å². The number of methoxy groups -OCH3 is 1. The Morgan fingerprint density at radius 1 is 0.844 bits per heavy atom. The van der Waals surface area contributed by atoms with E-state index in [0.717, 1.165) is 28.0 Å². The maximum absolute atomic E-state index is 11.9. The van der Waals surface area contributed by atoms with Crippen molar-refractivity contribution in [3.05, 3.63) is 58.1 Å². The lowest BCUT2D eigenvalue weighted by Crippen LogP contribution is -2.42. The van der Waals surface area contributed by atoms with E-state index >= 15 is 0 Å². The molecule has 32 heavy (non-hydrogen) atoms. The van der Waals surface area contributed by atoms with E-state index in [1.165, 1.54) is 7.11 Å². The Hall–Kier alpha value is -3.15. The highest BCUT2D eigenvalue weighted by Gasteiger charge is 2.36. The predicted molar refractivity (Wildman–Crippen MR) is 121 cm³/mol. The summed E-state index contributed by atoms with van der Waals surface area (Å²) in [6, 6.07) is 9.44. The number of ether oxygens (including phenoxy) is 3. The molecule has 170 valence electrons. The van der Waals surface area contributed by atoms with E-state index in [4.69, 9.17) is 14.2 Å². The van der Waals surface area contributed by atoms with Crippen molar-refractivity contribution < 1.29 is 28.6 Å². The molecular weight excluding hydrogens is 408 g/mol. The van der Waals surface area contributed by atoms with Gasteiger partial charge < -0.3 is 14.2 Å². The Morgan fingerprint density at radius 2 is 1.38 bits per heavy atom. The summed E-state index contributed by atoms with van der Waals surface area (Å²) >= 11 is 0. The summed E-state index contributed by atoms with van der Waals surface area (Å²) in [5.41, 5.74) is 2.70. The van der Waals surface area contributed by atoms with Gasteiger partial charge in [0.15, 0.2) is 22.8 Å². The van der Waals surface area contributed by atoms with Crippen molar-refractivity contribution in [3.8, 4) is 11.5 Å². The van der Waals surface area contributed by atoms with Crippen LogP contribution in [0.3, 0.4) is 0 Å². The molecule has 4 rings (SSSR count). The van der Waals surface area contributed by atoms with Crippen LogP contribution in [-0.2, 0) is 27.2 Å². The Morgan fingerprint density at radius 3 is 1.94 bits per heavy atom. The lowest BCUT2D eigenvalue weighted by molar-refractivity contribution is -0.133. The van der Waals surface area contributed by atoms with Crippen LogP contribution in [0.15, 0.2) is 30.3 Å². The van der Waals surface area contributed by atoms with Gasteiger partial charge in [0.25, 0.3) is 0 Å². The molecule has 0 unspecified atom stereocenters. The van der Waals surface area contributed by atoms with Crippen LogP contribution in [0.2, 0.25) is 0 Å². The zero-order chi connectivity index (χ0) is 23.8. The molecule has 2 heterocycles. The second kappa shape index (κ2) is 8.41. The topological polar surface area (TPSA) is 78.9 Å². The van der Waals surface area contributed by atoms with Crippen LogP contribution in [0.5, 0.6) is 11.5 Å². The number of rotatable bonds is 1. The third-order valence-corrected chi connectivity index (χ3v) is 5.81. The summed E-state index contributed by atoms with van der Waals surface area (Å²) < 4.78 is 16.1. The third-order valence-electron chi connectivity index (χ3n) is 5.81. The lowest BCUT2D eigenvalue weighted by Gasteiger charge is -2.31. The normalized spacial score (nSPS) is 17.6. The average molecular weight is 439 g/mol. The molecule has 6 nitrogen and oxygen atoms in total. The van der Waals surface area contributed by atoms with Crippen molar-refractivity contribution in [3.63, 3.8) is 0 Å². The van der Waals surface area contributed by atoms with Gasteiger partial charge >= 0.3 is 5.97 Å². The quantitative estimate of drug-likeness (QED) is 0.616. The molecule has 2 aromatic carbocycles. The minimum Gasteiger partial charge on any atom is -0.480 e. The molecule has 2 aliphatic heterocycles. The number of benzene rings is 2. The Labute approximate surface area is 188 Å². The number of hydrogen-bond acceptors (Lipinski definition) is 6. The molecule has 2 aromatic rings. The summed E-state index contributed by atoms with van der Waals surface area (Å²) in [5, 5.41) is 0. The maximum Gasteiger partial charge on any atom is 0.338 e. The van der Waals surface area contributed by atoms with Crippen molar-refractivity contribution in [2.45, 2.75) is 65.6 Å². The minimum absolute atomic E-state index is 0.00895. The van der Waals surface area contributed by atoms with Gasteiger partial charge in [-0.2, -0.15) is 0 Å². The molecule has 6 heteroatoms. The highest BCUT2D eigenvalue weighted by molar-refractivity contribution is 5.94. The first kappa shape index (κ1) is 23.5. The predicted octanol–water partition coefficient (Wildman–Crippen LogP) is 4.34. The Kier molecular flexibility index (Phi) is 6.18. The van der Waals surface area contributed by atoms with Crippen LogP contribution in [0, 0.1) is 13.8 Å². The van der Waals surface area contributed by atoms with Gasteiger partial charge in [-0.15, -0.1) is 0 Å². The van der Waals surface area contributed by atoms with Crippen LogP contribution in [0.4, 0.5) is 0 Å². The van der Waals surface area contributed by atoms with Crippen molar-refractivity contribution in [2.24, 2.45) is 0 Å². The second-order valence-corrected chi connectivity index (χ2v) is 9.30. The standard InChI is InChI=1S/C14H16O4.C12H14O2/c1-8-5-11-9(6-10(8)13(16)17-4)7-12(15)14(2,3)18-11;1-8-4-5-9-7-11(13)12(2,3)14-10(9)6-8/h5-6H,7H2,1-4H3;4-6H,7H2,1-3H3. The van der Waals surface area contributed by atoms with Crippen molar-refractivity contribution in [1.82, 2.24) is 0 Å². The molecule has 0 radical (unpaired) electrons. The van der Waals surface area contributed by atoms with E-state index in [1.807, 2.05) is 45.9 Å². The van der Waals surface area contributed by atoms with Crippen molar-refractivity contribution in [2.75, 3.05) is 7.11 Å². The van der Waals surface area contributed by atoms with Gasteiger partial charge in [-0.1, -0.05) is 12.1 Å². The van der Waals surface area contributed by atoms with Crippen LogP contribution in [0.1, 0.15) is 60.3 Å². The van der Waals surface area contributed by atoms with Crippen LogP contribution in [-0.4, -0.2) is 35.8 Å². The third kappa shape index (κ3) is 4.69. The summed E-state index contributed by atoms with van der Waals surface area (Å²) in [4.78, 5) is 35.1. The molecule has 2 aliphatic rings. The number of esters is 1. The molecular formula is C26H30O6. The number of aryl methyl sites for hydroxylation is 2. The molecule has 0 aliphatic carbocycles. The molecule has 0 saturated carbocycles. The fraction of sp³-hybridized carbons (Fsp3) is 0.423. The molecule has 0 atom stereocenters. The van der Waals surface area contributed by atoms with E-state index in [0.29, 0.717) is 17.7 Å². The van der Waals surface area contributed by atoms with Gasteiger partial charge in [-0.05, 0) is 70.9 Å². The van der Waals surface area contributed by atoms with Gasteiger partial charge in [-0.25, -0.2) is 4.79 Å². The number of Topliss-reactive ketones (excluding diaryl/α,β-unsaturated/α-hetero) is 2. The Balaban J connectivity index is 0.000000186. The largest absolute Gasteiger partial charge is 0.480 e. The number of carbonyl (C=O) groups excluding carboxylic acids is 3. The van der Waals surface area contributed by atoms with E-state index < -0.39 is 17.2 Å². The van der Waals surface area contributed by atoms with Gasteiger partial charge in [0.1, 0.15) is 11.5 Å². The first-order valence-corrected chi connectivity index (χ1v) is 10.6. The number of ketones is 2. The summed E-state index contributed by atoms with van der Waals surface area (Å²) in [5.74, 6) is 1.29. The fourth-order valence-electron chi connectivity index (χ4n) is 3.63. The molecule has 0 fully saturated rings. The highest BCUT2D eigenvalue weighted by atomic mass is 16.5. The highest BCUT2D eigenvalue weighted by Crippen LogP contribution is 2.33. The molecule has 0 amide bonds. The number of hydrogen-bond donors (Lipinski definition) is 0. The van der Waals surface area contributed by atoms with Crippen LogP contribution >= 0.6 is 0 Å². The molecule has 0 spiro atoms. The van der Waals surface area contributed by atoms with Crippen LogP contribution < -0.4 is 9.47 Å². The average Bonchev–Trinajstić information content (AvgIpc) is 2.69. The van der Waals surface area contributed by atoms with Gasteiger partial charge in [-0.3, -0.25) is 9.59 Å². The maximum atomic E-state index is 11.9. The van der Waals surface area contributed by atoms with E-state index in [-0.39, 0.29) is 18.0 Å². The van der Waals surface area contributed by atoms with Crippen molar-refractivity contribution in [1.29, 1.82) is 0 Å². The Bertz CT molecular complexity index is 1090. The fourth-order valence-corrected chi connectivity index (χ4v) is 3.63. The molecule has 0 saturated heterocycles. The van der Waals surface area contributed by atoms with Crippen LogP contribution in [0.25, 0.3) is 0 Å². The first-order valence-electron chi connectivity index (χ1n) is 10.6. The first-order chi connectivity index (χ1) is 14.8. The van der Waals surface area contributed by atoms with E-state index in [2.05, 4.69) is 0 Å². The van der Waals surface area contributed by atoms with E-state index in [1.54, 1.807) is 26.0 Å². The number of fused-ring (bicyclic) bond motifs is 2. The summed E-state index contributed by atoms with van der Waals surface area (Å²) in [6.07, 6.45) is 0.773. The monoisotopic (exact) mass is 438 g/mol. The summed E-state index contributed by atoms with van der Waals surface area (Å²) in [6.45, 7) is 11.0.